The van der Waals surface area contributed by atoms with Crippen molar-refractivity contribution in [3.63, 3.8) is 0 Å². The van der Waals surface area contributed by atoms with E-state index in [9.17, 15) is 4.79 Å². The molecule has 2 aromatic carbocycles. The summed E-state index contributed by atoms with van der Waals surface area (Å²) in [5.41, 5.74) is 1.93. The van der Waals surface area contributed by atoms with Crippen molar-refractivity contribution in [3.8, 4) is 5.75 Å². The van der Waals surface area contributed by atoms with Gasteiger partial charge in [0.1, 0.15) is 5.75 Å². The number of hydrogen-bond acceptors (Lipinski definition) is 2. The maximum Gasteiger partial charge on any atom is 0.165 e. The third-order valence-corrected chi connectivity index (χ3v) is 3.21. The second-order valence-corrected chi connectivity index (χ2v) is 4.68. The van der Waals surface area contributed by atoms with E-state index in [0.29, 0.717) is 0 Å². The van der Waals surface area contributed by atoms with Crippen molar-refractivity contribution in [1.82, 2.24) is 0 Å². The molecule has 0 spiro atoms. The standard InChI is InChI=1S/C17H18O2/c1-13(12-14-6-4-3-5-7-14)17(18)15-8-10-16(19-2)11-9-15/h3-11,13H,12H2,1-2H3/t13-/m0/s1. The highest BCUT2D eigenvalue weighted by Gasteiger charge is 2.15. The quantitative estimate of drug-likeness (QED) is 0.759. The van der Waals surface area contributed by atoms with Crippen molar-refractivity contribution in [2.45, 2.75) is 13.3 Å². The Kier molecular flexibility index (Phi) is 4.35. The average molecular weight is 254 g/mol. The van der Waals surface area contributed by atoms with Crippen molar-refractivity contribution in [2.75, 3.05) is 7.11 Å². The molecule has 0 aliphatic rings. The molecule has 0 aromatic heterocycles. The van der Waals surface area contributed by atoms with Gasteiger partial charge in [-0.3, -0.25) is 4.79 Å². The number of Topliss-reactive ketones (excluding diaryl/α,β-unsaturated/α-hetero) is 1. The lowest BCUT2D eigenvalue weighted by molar-refractivity contribution is 0.0929. The fraction of sp³-hybridized carbons (Fsp3) is 0.235. The van der Waals surface area contributed by atoms with Crippen LogP contribution in [-0.2, 0) is 6.42 Å². The van der Waals surface area contributed by atoms with Crippen LogP contribution in [0.25, 0.3) is 0 Å². The van der Waals surface area contributed by atoms with Gasteiger partial charge in [-0.2, -0.15) is 0 Å². The summed E-state index contributed by atoms with van der Waals surface area (Å²) in [6, 6.07) is 17.4. The topological polar surface area (TPSA) is 26.3 Å². The number of hydrogen-bond donors (Lipinski definition) is 0. The van der Waals surface area contributed by atoms with Gasteiger partial charge in [0.15, 0.2) is 5.78 Å². The monoisotopic (exact) mass is 254 g/mol. The Bertz CT molecular complexity index is 529. The minimum Gasteiger partial charge on any atom is -0.497 e. The minimum absolute atomic E-state index is 0.0178. The Hall–Kier alpha value is -2.09. The van der Waals surface area contributed by atoms with Gasteiger partial charge in [-0.1, -0.05) is 37.3 Å². The normalized spacial score (nSPS) is 11.9. The van der Waals surface area contributed by atoms with Gasteiger partial charge in [0.2, 0.25) is 0 Å². The van der Waals surface area contributed by atoms with E-state index in [-0.39, 0.29) is 11.7 Å². The Morgan fingerprint density at radius 1 is 1.05 bits per heavy atom. The van der Waals surface area contributed by atoms with Crippen molar-refractivity contribution < 1.29 is 9.53 Å². The minimum atomic E-state index is -0.0178. The van der Waals surface area contributed by atoms with Gasteiger partial charge in [-0.25, -0.2) is 0 Å². The molecule has 0 bridgehead atoms. The second kappa shape index (κ2) is 6.19. The molecule has 0 unspecified atom stereocenters. The van der Waals surface area contributed by atoms with E-state index in [4.69, 9.17) is 4.74 Å². The first-order valence-corrected chi connectivity index (χ1v) is 6.43. The van der Waals surface area contributed by atoms with Crippen molar-refractivity contribution in [3.05, 3.63) is 65.7 Å². The molecule has 2 aromatic rings. The van der Waals surface area contributed by atoms with Gasteiger partial charge < -0.3 is 4.74 Å². The van der Waals surface area contributed by atoms with Crippen LogP contribution in [0.3, 0.4) is 0 Å². The van der Waals surface area contributed by atoms with Gasteiger partial charge in [-0.05, 0) is 36.2 Å². The molecule has 0 radical (unpaired) electrons. The number of benzene rings is 2. The smallest absolute Gasteiger partial charge is 0.165 e. The van der Waals surface area contributed by atoms with Crippen LogP contribution < -0.4 is 4.74 Å². The summed E-state index contributed by atoms with van der Waals surface area (Å²) in [5, 5.41) is 0. The number of ketones is 1. The molecule has 19 heavy (non-hydrogen) atoms. The van der Waals surface area contributed by atoms with Crippen molar-refractivity contribution >= 4 is 5.78 Å². The van der Waals surface area contributed by atoms with Crippen LogP contribution in [0.4, 0.5) is 0 Å². The maximum absolute atomic E-state index is 12.3. The van der Waals surface area contributed by atoms with Crippen molar-refractivity contribution in [1.29, 1.82) is 0 Å². The highest BCUT2D eigenvalue weighted by Crippen LogP contribution is 2.17. The van der Waals surface area contributed by atoms with Gasteiger partial charge in [-0.15, -0.1) is 0 Å². The van der Waals surface area contributed by atoms with Crippen LogP contribution in [0, 0.1) is 5.92 Å². The van der Waals surface area contributed by atoms with Crippen LogP contribution in [0.5, 0.6) is 5.75 Å². The molecule has 0 aliphatic carbocycles. The van der Waals surface area contributed by atoms with Crippen molar-refractivity contribution in [2.24, 2.45) is 5.92 Å². The van der Waals surface area contributed by atoms with Crippen LogP contribution in [0.1, 0.15) is 22.8 Å². The van der Waals surface area contributed by atoms with Gasteiger partial charge in [0.25, 0.3) is 0 Å². The summed E-state index contributed by atoms with van der Waals surface area (Å²) >= 11 is 0. The molecule has 1 atom stereocenters. The lowest BCUT2D eigenvalue weighted by atomic mass is 9.93. The highest BCUT2D eigenvalue weighted by molar-refractivity contribution is 5.97. The predicted molar refractivity (Wildman–Crippen MR) is 76.6 cm³/mol. The largest absolute Gasteiger partial charge is 0.497 e. The number of carbonyl (C=O) groups excluding carboxylic acids is 1. The third kappa shape index (κ3) is 3.44. The van der Waals surface area contributed by atoms with Crippen LogP contribution in [-0.4, -0.2) is 12.9 Å². The fourth-order valence-electron chi connectivity index (χ4n) is 2.10. The van der Waals surface area contributed by atoms with Gasteiger partial charge in [0, 0.05) is 11.5 Å². The summed E-state index contributed by atoms with van der Waals surface area (Å²) in [7, 11) is 1.62. The van der Waals surface area contributed by atoms with Crippen LogP contribution in [0.2, 0.25) is 0 Å². The summed E-state index contributed by atoms with van der Waals surface area (Å²) in [6.07, 6.45) is 0.770. The van der Waals surface area contributed by atoms with Crippen LogP contribution in [0.15, 0.2) is 54.6 Å². The fourth-order valence-corrected chi connectivity index (χ4v) is 2.10. The predicted octanol–water partition coefficient (Wildman–Crippen LogP) is 3.76. The summed E-state index contributed by atoms with van der Waals surface area (Å²) in [5.74, 6) is 0.926. The van der Waals surface area contributed by atoms with Crippen LogP contribution >= 0.6 is 0 Å². The summed E-state index contributed by atoms with van der Waals surface area (Å²) < 4.78 is 5.09. The molecule has 0 N–H and O–H groups in total. The zero-order valence-corrected chi connectivity index (χ0v) is 11.3. The molecule has 0 heterocycles. The molecular weight excluding hydrogens is 236 g/mol. The Morgan fingerprint density at radius 3 is 2.26 bits per heavy atom. The first-order chi connectivity index (χ1) is 9.20. The molecule has 0 aliphatic heterocycles. The van der Waals surface area contributed by atoms with E-state index in [1.54, 1.807) is 7.11 Å². The Balaban J connectivity index is 2.06. The lowest BCUT2D eigenvalue weighted by Gasteiger charge is -2.11. The third-order valence-electron chi connectivity index (χ3n) is 3.21. The zero-order chi connectivity index (χ0) is 13.7. The number of rotatable bonds is 5. The van der Waals surface area contributed by atoms with E-state index in [1.165, 1.54) is 5.56 Å². The molecule has 0 amide bonds. The van der Waals surface area contributed by atoms with E-state index in [2.05, 4.69) is 12.1 Å². The molecule has 98 valence electrons. The molecule has 2 nitrogen and oxygen atoms in total. The van der Waals surface area contributed by atoms with E-state index >= 15 is 0 Å². The van der Waals surface area contributed by atoms with Gasteiger partial charge >= 0.3 is 0 Å². The summed E-state index contributed by atoms with van der Waals surface area (Å²) in [4.78, 5) is 12.3. The number of carbonyl (C=O) groups is 1. The summed E-state index contributed by atoms with van der Waals surface area (Å²) in [6.45, 7) is 1.97. The van der Waals surface area contributed by atoms with Gasteiger partial charge in [0.05, 0.1) is 7.11 Å². The molecule has 0 fully saturated rings. The number of ether oxygens (including phenoxy) is 1. The zero-order valence-electron chi connectivity index (χ0n) is 11.3. The van der Waals surface area contributed by atoms with E-state index in [1.807, 2.05) is 49.4 Å². The number of methoxy groups -OCH3 is 1. The average Bonchev–Trinajstić information content (AvgIpc) is 2.47. The van der Waals surface area contributed by atoms with E-state index < -0.39 is 0 Å². The Morgan fingerprint density at radius 2 is 1.68 bits per heavy atom. The molecule has 2 heteroatoms. The lowest BCUT2D eigenvalue weighted by Crippen LogP contribution is -2.13. The maximum atomic E-state index is 12.3. The SMILES string of the molecule is COc1ccc(C(=O)[C@@H](C)Cc2ccccc2)cc1. The Labute approximate surface area is 114 Å². The first kappa shape index (κ1) is 13.3. The molecule has 2 rings (SSSR count). The molecule has 0 saturated carbocycles. The molecular formula is C17H18O2. The molecule has 0 saturated heterocycles. The highest BCUT2D eigenvalue weighted by atomic mass is 16.5. The second-order valence-electron chi connectivity index (χ2n) is 4.68. The van der Waals surface area contributed by atoms with E-state index in [0.717, 1.165) is 17.7 Å². The first-order valence-electron chi connectivity index (χ1n) is 6.43.